The average Bonchev–Trinajstić information content (AvgIpc) is 2.11. The molecule has 1 rings (SSSR count). The maximum Gasteiger partial charge on any atom is 0.331 e. The molecule has 1 aromatic heterocycles. The molecule has 0 saturated heterocycles. The number of aromatic hydroxyl groups is 1. The molecule has 16 heavy (non-hydrogen) atoms. The molecular formula is C11H18N2O3. The fraction of sp³-hybridized carbons (Fsp3) is 0.636. The highest BCUT2D eigenvalue weighted by Gasteiger charge is 2.24. The van der Waals surface area contributed by atoms with Crippen LogP contribution in [-0.2, 0) is 6.54 Å². The maximum atomic E-state index is 11.5. The Bertz CT molecular complexity index is 483. The molecule has 0 radical (unpaired) electrons. The van der Waals surface area contributed by atoms with Gasteiger partial charge in [0.2, 0.25) is 5.88 Å². The van der Waals surface area contributed by atoms with E-state index in [0.717, 1.165) is 6.07 Å². The Hall–Kier alpha value is -1.52. The van der Waals surface area contributed by atoms with Crippen LogP contribution in [0, 0.1) is 11.3 Å². The van der Waals surface area contributed by atoms with E-state index in [4.69, 9.17) is 0 Å². The zero-order valence-electron chi connectivity index (χ0n) is 10.1. The molecule has 0 unspecified atom stereocenters. The largest absolute Gasteiger partial charge is 0.494 e. The number of H-pyrrole nitrogens is 1. The maximum absolute atomic E-state index is 11.5. The molecule has 0 aromatic carbocycles. The number of aromatic nitrogens is 2. The first kappa shape index (κ1) is 12.5. The van der Waals surface area contributed by atoms with Crippen LogP contribution < -0.4 is 11.2 Å². The lowest BCUT2D eigenvalue weighted by Crippen LogP contribution is -2.35. The summed E-state index contributed by atoms with van der Waals surface area (Å²) in [6.45, 7) is 8.48. The zero-order valence-corrected chi connectivity index (χ0v) is 10.1. The molecule has 0 amide bonds. The predicted octanol–water partition coefficient (Wildman–Crippen LogP) is 0.924. The Balaban J connectivity index is 3.17. The third-order valence-electron chi connectivity index (χ3n) is 3.14. The van der Waals surface area contributed by atoms with Crippen LogP contribution in [0.3, 0.4) is 0 Å². The van der Waals surface area contributed by atoms with E-state index in [9.17, 15) is 14.7 Å². The molecule has 1 aromatic rings. The van der Waals surface area contributed by atoms with E-state index in [0.29, 0.717) is 12.5 Å². The normalized spacial score (nSPS) is 12.1. The monoisotopic (exact) mass is 226 g/mol. The van der Waals surface area contributed by atoms with Crippen LogP contribution >= 0.6 is 0 Å². The molecule has 0 bridgehead atoms. The van der Waals surface area contributed by atoms with E-state index in [1.807, 2.05) is 27.7 Å². The highest BCUT2D eigenvalue weighted by Crippen LogP contribution is 2.28. The van der Waals surface area contributed by atoms with Gasteiger partial charge in [-0.2, -0.15) is 0 Å². The second kappa shape index (κ2) is 4.15. The molecule has 90 valence electrons. The number of rotatable bonds is 3. The van der Waals surface area contributed by atoms with Crippen LogP contribution in [0.1, 0.15) is 27.7 Å². The van der Waals surface area contributed by atoms with Crippen molar-refractivity contribution in [2.75, 3.05) is 0 Å². The van der Waals surface area contributed by atoms with Gasteiger partial charge in [-0.1, -0.05) is 27.7 Å². The summed E-state index contributed by atoms with van der Waals surface area (Å²) < 4.78 is 1.18. The summed E-state index contributed by atoms with van der Waals surface area (Å²) in [4.78, 5) is 24.6. The van der Waals surface area contributed by atoms with Gasteiger partial charge in [0.25, 0.3) is 5.56 Å². The lowest BCUT2D eigenvalue weighted by Gasteiger charge is -2.29. The number of hydrogen-bond acceptors (Lipinski definition) is 3. The smallest absolute Gasteiger partial charge is 0.331 e. The Morgan fingerprint density at radius 1 is 1.44 bits per heavy atom. The fourth-order valence-electron chi connectivity index (χ4n) is 1.25. The van der Waals surface area contributed by atoms with Gasteiger partial charge >= 0.3 is 5.69 Å². The lowest BCUT2D eigenvalue weighted by atomic mass is 9.81. The molecule has 0 fully saturated rings. The molecular weight excluding hydrogens is 208 g/mol. The Morgan fingerprint density at radius 2 is 2.00 bits per heavy atom. The summed E-state index contributed by atoms with van der Waals surface area (Å²) >= 11 is 0. The van der Waals surface area contributed by atoms with Gasteiger partial charge in [0, 0.05) is 6.54 Å². The molecule has 0 aliphatic carbocycles. The van der Waals surface area contributed by atoms with Gasteiger partial charge in [-0.15, -0.1) is 0 Å². The number of nitrogens with zero attached hydrogens (tertiary/aromatic N) is 1. The van der Waals surface area contributed by atoms with Crippen molar-refractivity contribution in [2.24, 2.45) is 11.3 Å². The van der Waals surface area contributed by atoms with Crippen molar-refractivity contribution in [1.82, 2.24) is 9.55 Å². The molecule has 0 saturated carbocycles. The SMILES string of the molecule is CC(C)C(C)(C)Cn1c(O)cc(=O)[nH]c1=O. The minimum absolute atomic E-state index is 0.139. The second-order valence-electron chi connectivity index (χ2n) is 5.03. The predicted molar refractivity (Wildman–Crippen MR) is 61.6 cm³/mol. The van der Waals surface area contributed by atoms with E-state index in [1.165, 1.54) is 4.57 Å². The Morgan fingerprint density at radius 3 is 2.44 bits per heavy atom. The van der Waals surface area contributed by atoms with Crippen molar-refractivity contribution in [3.8, 4) is 5.88 Å². The van der Waals surface area contributed by atoms with Gasteiger partial charge in [0.05, 0.1) is 6.07 Å². The van der Waals surface area contributed by atoms with Crippen LogP contribution in [0.2, 0.25) is 0 Å². The summed E-state index contributed by atoms with van der Waals surface area (Å²) in [6, 6.07) is 1.01. The number of nitrogens with one attached hydrogen (secondary N) is 1. The summed E-state index contributed by atoms with van der Waals surface area (Å²) in [7, 11) is 0. The first-order chi connectivity index (χ1) is 7.24. The average molecular weight is 226 g/mol. The third-order valence-corrected chi connectivity index (χ3v) is 3.14. The van der Waals surface area contributed by atoms with Gasteiger partial charge < -0.3 is 5.11 Å². The molecule has 5 heteroatoms. The first-order valence-electron chi connectivity index (χ1n) is 5.27. The number of aromatic amines is 1. The van der Waals surface area contributed by atoms with Gasteiger partial charge in [0.15, 0.2) is 0 Å². The fourth-order valence-corrected chi connectivity index (χ4v) is 1.25. The summed E-state index contributed by atoms with van der Waals surface area (Å²) in [5, 5.41) is 9.56. The minimum atomic E-state index is -0.582. The van der Waals surface area contributed by atoms with Gasteiger partial charge in [-0.3, -0.25) is 14.3 Å². The van der Waals surface area contributed by atoms with Crippen molar-refractivity contribution >= 4 is 0 Å². The number of hydrogen-bond donors (Lipinski definition) is 2. The van der Waals surface area contributed by atoms with E-state index in [-0.39, 0.29) is 11.3 Å². The quantitative estimate of drug-likeness (QED) is 0.804. The molecule has 0 aliphatic rings. The van der Waals surface area contributed by atoms with Gasteiger partial charge in [-0.05, 0) is 11.3 Å². The van der Waals surface area contributed by atoms with Crippen LogP contribution in [0.4, 0.5) is 0 Å². The highest BCUT2D eigenvalue weighted by molar-refractivity contribution is 5.06. The van der Waals surface area contributed by atoms with Crippen LogP contribution in [-0.4, -0.2) is 14.7 Å². The Kier molecular flexibility index (Phi) is 3.26. The highest BCUT2D eigenvalue weighted by atomic mass is 16.3. The Labute approximate surface area is 93.8 Å². The topological polar surface area (TPSA) is 75.1 Å². The molecule has 0 aliphatic heterocycles. The standard InChI is InChI=1S/C11H18N2O3/c1-7(2)11(3,4)6-13-9(15)5-8(14)12-10(13)16/h5,7,15H,6H2,1-4H3,(H,12,14,16). The lowest BCUT2D eigenvalue weighted by molar-refractivity contribution is 0.196. The van der Waals surface area contributed by atoms with Crippen molar-refractivity contribution in [1.29, 1.82) is 0 Å². The molecule has 2 N–H and O–H groups in total. The molecule has 5 nitrogen and oxygen atoms in total. The van der Waals surface area contributed by atoms with E-state index in [1.54, 1.807) is 0 Å². The van der Waals surface area contributed by atoms with Crippen molar-refractivity contribution in [3.63, 3.8) is 0 Å². The van der Waals surface area contributed by atoms with Crippen molar-refractivity contribution in [3.05, 3.63) is 26.9 Å². The molecule has 0 spiro atoms. The molecule has 0 atom stereocenters. The minimum Gasteiger partial charge on any atom is -0.494 e. The van der Waals surface area contributed by atoms with Crippen molar-refractivity contribution in [2.45, 2.75) is 34.2 Å². The van der Waals surface area contributed by atoms with Crippen LogP contribution in [0.25, 0.3) is 0 Å². The van der Waals surface area contributed by atoms with E-state index >= 15 is 0 Å². The van der Waals surface area contributed by atoms with Crippen molar-refractivity contribution < 1.29 is 5.11 Å². The summed E-state index contributed by atoms with van der Waals surface area (Å²) in [5.74, 6) is 0.0632. The van der Waals surface area contributed by atoms with Crippen LogP contribution in [0.15, 0.2) is 15.7 Å². The second-order valence-corrected chi connectivity index (χ2v) is 5.03. The van der Waals surface area contributed by atoms with Gasteiger partial charge in [0.1, 0.15) is 0 Å². The summed E-state index contributed by atoms with van der Waals surface area (Å²) in [5.41, 5.74) is -1.29. The summed E-state index contributed by atoms with van der Waals surface area (Å²) in [6.07, 6.45) is 0. The zero-order chi connectivity index (χ0) is 12.5. The molecule has 1 heterocycles. The first-order valence-corrected chi connectivity index (χ1v) is 5.27. The van der Waals surface area contributed by atoms with E-state index < -0.39 is 11.2 Å². The van der Waals surface area contributed by atoms with E-state index in [2.05, 4.69) is 4.98 Å². The van der Waals surface area contributed by atoms with Gasteiger partial charge in [-0.25, -0.2) is 4.79 Å². The third kappa shape index (κ3) is 2.53. The van der Waals surface area contributed by atoms with Crippen LogP contribution in [0.5, 0.6) is 5.88 Å².